The molecule has 0 radical (unpaired) electrons. The van der Waals surface area contributed by atoms with E-state index < -0.39 is 10.3 Å². The van der Waals surface area contributed by atoms with Crippen LogP contribution in [-0.4, -0.2) is 29.0 Å². The lowest BCUT2D eigenvalue weighted by Crippen LogP contribution is -2.23. The highest BCUT2D eigenvalue weighted by atomic mass is 16.6. The molecule has 1 aromatic heterocycles. The van der Waals surface area contributed by atoms with Gasteiger partial charge in [0.1, 0.15) is 12.0 Å². The number of aromatic nitrogens is 1. The van der Waals surface area contributed by atoms with Crippen molar-refractivity contribution in [1.29, 1.82) is 0 Å². The predicted molar refractivity (Wildman–Crippen MR) is 83.6 cm³/mol. The predicted octanol–water partition coefficient (Wildman–Crippen LogP) is 3.16. The maximum absolute atomic E-state index is 11.5. The number of hydrogen-bond donors (Lipinski definition) is 1. The van der Waals surface area contributed by atoms with E-state index in [9.17, 15) is 14.9 Å². The molecule has 1 heterocycles. The van der Waals surface area contributed by atoms with Gasteiger partial charge in [-0.15, -0.1) is 0 Å². The molecule has 0 amide bonds. The van der Waals surface area contributed by atoms with Gasteiger partial charge >= 0.3 is 5.97 Å². The van der Waals surface area contributed by atoms with Crippen molar-refractivity contribution in [3.63, 3.8) is 0 Å². The number of esters is 1. The quantitative estimate of drug-likeness (QED) is 0.343. The molecule has 7 heteroatoms. The van der Waals surface area contributed by atoms with Crippen LogP contribution in [0.2, 0.25) is 0 Å². The Morgan fingerprint density at radius 2 is 2.05 bits per heavy atom. The third kappa shape index (κ3) is 6.51. The fraction of sp³-hybridized carbons (Fsp3) is 0.600. The molecule has 122 valence electrons. The van der Waals surface area contributed by atoms with E-state index in [4.69, 9.17) is 4.74 Å². The van der Waals surface area contributed by atoms with E-state index in [1.165, 1.54) is 12.3 Å². The summed E-state index contributed by atoms with van der Waals surface area (Å²) in [6.07, 6.45) is 3.88. The molecule has 0 aliphatic heterocycles. The van der Waals surface area contributed by atoms with Crippen LogP contribution in [0.5, 0.6) is 0 Å². The summed E-state index contributed by atoms with van der Waals surface area (Å²) in [6.45, 7) is 6.65. The fourth-order valence-corrected chi connectivity index (χ4v) is 1.60. The van der Waals surface area contributed by atoms with Crippen LogP contribution in [0.3, 0.4) is 0 Å². The average Bonchev–Trinajstić information content (AvgIpc) is 2.45. The van der Waals surface area contributed by atoms with Crippen molar-refractivity contribution >= 4 is 17.5 Å². The van der Waals surface area contributed by atoms with E-state index >= 15 is 0 Å². The van der Waals surface area contributed by atoms with Crippen LogP contribution in [0.4, 0.5) is 11.5 Å². The van der Waals surface area contributed by atoms with Crippen molar-refractivity contribution in [3.05, 3.63) is 28.4 Å². The summed E-state index contributed by atoms with van der Waals surface area (Å²) < 4.78 is 5.17. The largest absolute Gasteiger partial charge is 0.465 e. The molecule has 1 N–H and O–H groups in total. The molecule has 0 aliphatic rings. The molecule has 0 aliphatic carbocycles. The van der Waals surface area contributed by atoms with Crippen molar-refractivity contribution in [3.8, 4) is 0 Å². The number of rotatable bonds is 8. The molecule has 0 saturated carbocycles. The molecule has 1 aromatic rings. The Labute approximate surface area is 130 Å². The third-order valence-electron chi connectivity index (χ3n) is 2.93. The lowest BCUT2D eigenvalue weighted by molar-refractivity contribution is -0.385. The van der Waals surface area contributed by atoms with E-state index in [1.807, 2.05) is 20.8 Å². The van der Waals surface area contributed by atoms with Gasteiger partial charge in [-0.3, -0.25) is 14.9 Å². The Morgan fingerprint density at radius 1 is 1.32 bits per heavy atom. The molecule has 0 spiro atoms. The second-order valence-electron chi connectivity index (χ2n) is 6.03. The SMILES string of the molecule is CC(C)(C)C(=O)OCCCCCNc1ccc([N+](=O)[O-])cn1. The zero-order chi connectivity index (χ0) is 16.6. The number of nitrogens with one attached hydrogen (secondary N) is 1. The van der Waals surface area contributed by atoms with Gasteiger partial charge in [-0.1, -0.05) is 0 Å². The number of nitrogens with zero attached hydrogens (tertiary/aromatic N) is 2. The summed E-state index contributed by atoms with van der Waals surface area (Å²) in [5, 5.41) is 13.6. The third-order valence-corrected chi connectivity index (χ3v) is 2.93. The summed E-state index contributed by atoms with van der Waals surface area (Å²) >= 11 is 0. The number of hydrogen-bond acceptors (Lipinski definition) is 6. The van der Waals surface area contributed by atoms with Crippen LogP contribution in [-0.2, 0) is 9.53 Å². The molecule has 7 nitrogen and oxygen atoms in total. The number of anilines is 1. The summed E-state index contributed by atoms with van der Waals surface area (Å²) in [6, 6.07) is 3.00. The number of nitro groups is 1. The molecule has 0 bridgehead atoms. The summed E-state index contributed by atoms with van der Waals surface area (Å²) in [4.78, 5) is 25.5. The molecule has 0 unspecified atom stereocenters. The minimum atomic E-state index is -0.477. The Balaban J connectivity index is 2.11. The van der Waals surface area contributed by atoms with Crippen molar-refractivity contribution in [2.24, 2.45) is 5.41 Å². The van der Waals surface area contributed by atoms with Crippen LogP contribution in [0.1, 0.15) is 40.0 Å². The first-order valence-electron chi connectivity index (χ1n) is 7.32. The van der Waals surface area contributed by atoms with Crippen LogP contribution in [0.25, 0.3) is 0 Å². The topological polar surface area (TPSA) is 94.4 Å². The maximum atomic E-state index is 11.5. The Bertz CT molecular complexity index is 495. The standard InChI is InChI=1S/C15H23N3O4/c1-15(2,3)14(19)22-10-6-4-5-9-16-13-8-7-12(11-17-13)18(20)21/h7-8,11H,4-6,9-10H2,1-3H3,(H,16,17). The molecule has 22 heavy (non-hydrogen) atoms. The highest BCUT2D eigenvalue weighted by Gasteiger charge is 2.22. The lowest BCUT2D eigenvalue weighted by atomic mass is 9.97. The zero-order valence-electron chi connectivity index (χ0n) is 13.3. The smallest absolute Gasteiger partial charge is 0.311 e. The van der Waals surface area contributed by atoms with Crippen LogP contribution < -0.4 is 5.32 Å². The second-order valence-corrected chi connectivity index (χ2v) is 6.03. The number of ether oxygens (including phenoxy) is 1. The van der Waals surface area contributed by atoms with Gasteiger partial charge < -0.3 is 10.1 Å². The van der Waals surface area contributed by atoms with E-state index in [0.29, 0.717) is 12.4 Å². The molecular weight excluding hydrogens is 286 g/mol. The number of pyridine rings is 1. The summed E-state index contributed by atoms with van der Waals surface area (Å²) in [5.74, 6) is 0.436. The van der Waals surface area contributed by atoms with Crippen molar-refractivity contribution in [2.45, 2.75) is 40.0 Å². The van der Waals surface area contributed by atoms with Crippen LogP contribution in [0.15, 0.2) is 18.3 Å². The highest BCUT2D eigenvalue weighted by molar-refractivity contribution is 5.75. The van der Waals surface area contributed by atoms with Gasteiger partial charge in [0.2, 0.25) is 0 Å². The molecule has 0 atom stereocenters. The first-order chi connectivity index (χ1) is 10.3. The molecular formula is C15H23N3O4. The monoisotopic (exact) mass is 309 g/mol. The van der Waals surface area contributed by atoms with Gasteiger partial charge in [0.15, 0.2) is 0 Å². The van der Waals surface area contributed by atoms with Gasteiger partial charge in [-0.2, -0.15) is 0 Å². The fourth-order valence-electron chi connectivity index (χ4n) is 1.60. The van der Waals surface area contributed by atoms with Crippen molar-refractivity contribution < 1.29 is 14.5 Å². The summed E-state index contributed by atoms with van der Waals surface area (Å²) in [5.41, 5.74) is -0.477. The van der Waals surface area contributed by atoms with Gasteiger partial charge in [0, 0.05) is 12.6 Å². The lowest BCUT2D eigenvalue weighted by Gasteiger charge is -2.16. The number of carbonyl (C=O) groups excluding carboxylic acids is 1. The Hall–Kier alpha value is -2.18. The zero-order valence-corrected chi connectivity index (χ0v) is 13.3. The second kappa shape index (κ2) is 8.31. The van der Waals surface area contributed by atoms with Gasteiger partial charge in [0.05, 0.1) is 16.9 Å². The van der Waals surface area contributed by atoms with Crippen LogP contribution >= 0.6 is 0 Å². The average molecular weight is 309 g/mol. The first-order valence-corrected chi connectivity index (χ1v) is 7.32. The number of unbranched alkanes of at least 4 members (excludes halogenated alkanes) is 2. The molecule has 0 fully saturated rings. The van der Waals surface area contributed by atoms with E-state index in [-0.39, 0.29) is 11.7 Å². The highest BCUT2D eigenvalue weighted by Crippen LogP contribution is 2.15. The van der Waals surface area contributed by atoms with E-state index in [0.717, 1.165) is 25.8 Å². The maximum Gasteiger partial charge on any atom is 0.311 e. The van der Waals surface area contributed by atoms with Gasteiger partial charge in [-0.25, -0.2) is 4.98 Å². The Kier molecular flexibility index (Phi) is 6.75. The van der Waals surface area contributed by atoms with E-state index in [1.54, 1.807) is 6.07 Å². The minimum absolute atomic E-state index is 0.0220. The molecule has 1 rings (SSSR count). The Morgan fingerprint density at radius 3 is 2.59 bits per heavy atom. The summed E-state index contributed by atoms with van der Waals surface area (Å²) in [7, 11) is 0. The van der Waals surface area contributed by atoms with Crippen molar-refractivity contribution in [1.82, 2.24) is 4.98 Å². The molecule has 0 aromatic carbocycles. The van der Waals surface area contributed by atoms with Gasteiger partial charge in [-0.05, 0) is 46.1 Å². The van der Waals surface area contributed by atoms with E-state index in [2.05, 4.69) is 10.3 Å². The van der Waals surface area contributed by atoms with Crippen LogP contribution in [0, 0.1) is 15.5 Å². The number of carbonyl (C=O) groups is 1. The minimum Gasteiger partial charge on any atom is -0.465 e. The van der Waals surface area contributed by atoms with Crippen molar-refractivity contribution in [2.75, 3.05) is 18.5 Å². The normalized spacial score (nSPS) is 11.0. The first kappa shape index (κ1) is 17.9. The van der Waals surface area contributed by atoms with Gasteiger partial charge in [0.25, 0.3) is 5.69 Å². The molecule has 0 saturated heterocycles.